The molecule has 0 aliphatic carbocycles. The Labute approximate surface area is 63.9 Å². The molecule has 0 aromatic carbocycles. The molecule has 0 heterocycles. The third kappa shape index (κ3) is 684. The van der Waals surface area contributed by atoms with E-state index in [0.29, 0.717) is 0 Å². The van der Waals surface area contributed by atoms with Crippen molar-refractivity contribution in [2.75, 3.05) is 0 Å². The second-order valence-electron chi connectivity index (χ2n) is 1.11. The van der Waals surface area contributed by atoms with Crippen LogP contribution in [0.25, 0.3) is 11.5 Å². The summed E-state index contributed by atoms with van der Waals surface area (Å²) in [7, 11) is 0. The van der Waals surface area contributed by atoms with Crippen LogP contribution in [-0.2, 0) is 26.1 Å². The summed E-state index contributed by atoms with van der Waals surface area (Å²) in [5.41, 5.74) is 11.9. The van der Waals surface area contributed by atoms with Crippen molar-refractivity contribution in [3.8, 4) is 0 Å². The molecule has 0 aromatic heterocycles. The molecule has 0 spiro atoms. The molecule has 0 radical (unpaired) electrons. The molecule has 0 fully saturated rings. The average molecular weight is 175 g/mol. The van der Waals surface area contributed by atoms with Gasteiger partial charge in [0.15, 0.2) is 0 Å². The van der Waals surface area contributed by atoms with Crippen molar-refractivity contribution in [1.29, 1.82) is 0 Å². The Morgan fingerprint density at radius 2 is 1.00 bits per heavy atom. The van der Waals surface area contributed by atoms with E-state index in [1.54, 1.807) is 0 Å². The fourth-order valence-corrected chi connectivity index (χ4v) is 0. The number of carbonyl (C=O) groups excluding carboxylic acids is 2. The summed E-state index contributed by atoms with van der Waals surface area (Å²) < 4.78 is 0. The molecule has 2 N–H and O–H groups in total. The molecule has 0 aliphatic rings. The summed E-state index contributed by atoms with van der Waals surface area (Å²) >= 11 is 0. The van der Waals surface area contributed by atoms with Gasteiger partial charge in [-0.3, -0.25) is 0 Å². The maximum atomic E-state index is 9.11. The van der Waals surface area contributed by atoms with Crippen LogP contribution < -0.4 is 0 Å². The SMILES string of the molecule is CC([NH-])=O.CC([NH-])=O.[Ni+2]. The monoisotopic (exact) mass is 174 g/mol. The van der Waals surface area contributed by atoms with E-state index in [1.807, 2.05) is 0 Å². The molecular weight excluding hydrogens is 167 g/mol. The van der Waals surface area contributed by atoms with E-state index in [4.69, 9.17) is 21.1 Å². The van der Waals surface area contributed by atoms with Gasteiger partial charge in [0.25, 0.3) is 0 Å². The predicted molar refractivity (Wildman–Crippen MR) is 30.0 cm³/mol. The number of nitrogens with one attached hydrogen (secondary N) is 2. The summed E-state index contributed by atoms with van der Waals surface area (Å²) in [5.74, 6) is -1.17. The predicted octanol–water partition coefficient (Wildman–Crippen LogP) is 1.17. The summed E-state index contributed by atoms with van der Waals surface area (Å²) in [4.78, 5) is 18.2. The Balaban J connectivity index is -0.0000000720. The van der Waals surface area contributed by atoms with E-state index < -0.39 is 11.8 Å². The Hall–Kier alpha value is -0.566. The number of hydrogen-bond acceptors (Lipinski definition) is 2. The molecule has 0 bridgehead atoms. The topological polar surface area (TPSA) is 81.7 Å². The third-order valence-corrected chi connectivity index (χ3v) is 0. The zero-order chi connectivity index (χ0) is 7.15. The van der Waals surface area contributed by atoms with Crippen LogP contribution in [0.1, 0.15) is 13.8 Å². The molecule has 56 valence electrons. The number of hydrogen-bond donors (Lipinski definition) is 0. The maximum absolute atomic E-state index is 9.11. The van der Waals surface area contributed by atoms with Crippen molar-refractivity contribution < 1.29 is 26.1 Å². The van der Waals surface area contributed by atoms with E-state index in [0.717, 1.165) is 0 Å². The van der Waals surface area contributed by atoms with Crippen LogP contribution >= 0.6 is 0 Å². The Kier molecular flexibility index (Phi) is 18.3. The minimum Gasteiger partial charge on any atom is -0.668 e. The van der Waals surface area contributed by atoms with Gasteiger partial charge in [-0.1, -0.05) is 0 Å². The second-order valence-corrected chi connectivity index (χ2v) is 1.11. The first-order chi connectivity index (χ1) is 3.46. The second kappa shape index (κ2) is 10.4. The molecule has 0 rings (SSSR count). The van der Waals surface area contributed by atoms with Crippen molar-refractivity contribution in [2.24, 2.45) is 0 Å². The van der Waals surface area contributed by atoms with E-state index in [2.05, 4.69) is 0 Å². The Bertz CT molecular complexity index is 74.6. The van der Waals surface area contributed by atoms with Gasteiger partial charge in [-0.25, -0.2) is 0 Å². The first-order valence-electron chi connectivity index (χ1n) is 1.91. The van der Waals surface area contributed by atoms with E-state index in [1.165, 1.54) is 13.8 Å². The van der Waals surface area contributed by atoms with Gasteiger partial charge in [-0.2, -0.15) is 0 Å². The van der Waals surface area contributed by atoms with Gasteiger partial charge in [0, 0.05) is 11.8 Å². The Morgan fingerprint density at radius 1 is 1.00 bits per heavy atom. The van der Waals surface area contributed by atoms with Crippen LogP contribution in [0.3, 0.4) is 0 Å². The summed E-state index contributed by atoms with van der Waals surface area (Å²) in [6.07, 6.45) is 0. The minimum absolute atomic E-state index is 0. The maximum Gasteiger partial charge on any atom is 2.00 e. The molecule has 0 saturated heterocycles. The van der Waals surface area contributed by atoms with Gasteiger partial charge in [0.05, 0.1) is 0 Å². The van der Waals surface area contributed by atoms with Crippen LogP contribution in [0.5, 0.6) is 0 Å². The number of carbonyl (C=O) groups is 2. The smallest absolute Gasteiger partial charge is 0.668 e. The van der Waals surface area contributed by atoms with Gasteiger partial charge in [-0.05, 0) is 13.8 Å². The summed E-state index contributed by atoms with van der Waals surface area (Å²) in [6, 6.07) is 0. The molecular formula is C4H8N2NiO2. The molecule has 9 heavy (non-hydrogen) atoms. The van der Waals surface area contributed by atoms with Crippen molar-refractivity contribution >= 4 is 11.8 Å². The fraction of sp³-hybridized carbons (Fsp3) is 0.500. The molecule has 0 unspecified atom stereocenters. The molecule has 0 aromatic rings. The van der Waals surface area contributed by atoms with Crippen LogP contribution in [0, 0.1) is 0 Å². The van der Waals surface area contributed by atoms with E-state index in [-0.39, 0.29) is 16.5 Å². The van der Waals surface area contributed by atoms with Crippen molar-refractivity contribution in [3.05, 3.63) is 11.5 Å². The van der Waals surface area contributed by atoms with Crippen molar-refractivity contribution in [2.45, 2.75) is 13.8 Å². The fourth-order valence-electron chi connectivity index (χ4n) is 0. The normalized spacial score (nSPS) is 5.56. The van der Waals surface area contributed by atoms with Gasteiger partial charge < -0.3 is 21.1 Å². The van der Waals surface area contributed by atoms with Gasteiger partial charge >= 0.3 is 16.5 Å². The first kappa shape index (κ1) is 15.8. The standard InChI is InChI=1S/2C2H5NO.Ni/c2*1-2(3)4;/h2*1H3,(H2,3,4);/q;;+2/p-2. The van der Waals surface area contributed by atoms with Crippen molar-refractivity contribution in [3.63, 3.8) is 0 Å². The quantitative estimate of drug-likeness (QED) is 0.517. The Morgan fingerprint density at radius 3 is 1.00 bits per heavy atom. The van der Waals surface area contributed by atoms with Crippen LogP contribution in [0.15, 0.2) is 0 Å². The molecule has 5 heteroatoms. The summed E-state index contributed by atoms with van der Waals surface area (Å²) in [5, 5.41) is 0. The molecule has 0 saturated carbocycles. The van der Waals surface area contributed by atoms with Crippen molar-refractivity contribution in [1.82, 2.24) is 0 Å². The van der Waals surface area contributed by atoms with E-state index in [9.17, 15) is 0 Å². The number of rotatable bonds is 0. The van der Waals surface area contributed by atoms with Gasteiger partial charge in [0.1, 0.15) is 0 Å². The third-order valence-electron chi connectivity index (χ3n) is 0. The van der Waals surface area contributed by atoms with Gasteiger partial charge in [0.2, 0.25) is 0 Å². The van der Waals surface area contributed by atoms with E-state index >= 15 is 0 Å². The van der Waals surface area contributed by atoms with Gasteiger partial charge in [-0.15, -0.1) is 0 Å². The zero-order valence-electron chi connectivity index (χ0n) is 5.13. The minimum atomic E-state index is -0.583. The average Bonchev–Trinajstić information content (AvgIpc) is 1.25. The summed E-state index contributed by atoms with van der Waals surface area (Å²) in [6.45, 7) is 2.39. The van der Waals surface area contributed by atoms with Crippen LogP contribution in [0.4, 0.5) is 0 Å². The largest absolute Gasteiger partial charge is 2.00 e. The first-order valence-corrected chi connectivity index (χ1v) is 1.91. The number of amides is 2. The molecule has 0 aliphatic heterocycles. The molecule has 0 atom stereocenters. The molecule has 2 amide bonds. The zero-order valence-corrected chi connectivity index (χ0v) is 6.12. The van der Waals surface area contributed by atoms with Crippen LogP contribution in [0.2, 0.25) is 0 Å². The molecule has 4 nitrogen and oxygen atoms in total. The van der Waals surface area contributed by atoms with Crippen LogP contribution in [-0.4, -0.2) is 11.8 Å².